The second-order valence-corrected chi connectivity index (χ2v) is 6.79. The molecule has 2 aromatic heterocycles. The van der Waals surface area contributed by atoms with Gasteiger partial charge in [-0.2, -0.15) is 0 Å². The second-order valence-electron chi connectivity index (χ2n) is 4.42. The molecule has 0 amide bonds. The maximum atomic E-state index is 13.2. The van der Waals surface area contributed by atoms with E-state index in [4.69, 9.17) is 8.83 Å². The summed E-state index contributed by atoms with van der Waals surface area (Å²) >= 11 is 0. The van der Waals surface area contributed by atoms with Gasteiger partial charge >= 0.3 is 0 Å². The van der Waals surface area contributed by atoms with E-state index in [2.05, 4.69) is 17.1 Å². The molecule has 1 aromatic carbocycles. The zero-order valence-electron chi connectivity index (χ0n) is 11.3. The number of hydrogen-bond donors (Lipinski definition) is 0. The van der Waals surface area contributed by atoms with E-state index in [0.717, 1.165) is 18.6 Å². The van der Waals surface area contributed by atoms with Crippen molar-refractivity contribution in [2.24, 2.45) is 0 Å². The number of aromatic nitrogens is 2. The average Bonchev–Trinajstić information content (AvgIpc) is 3.09. The van der Waals surface area contributed by atoms with Crippen molar-refractivity contribution in [3.05, 3.63) is 30.1 Å². The third-order valence-electron chi connectivity index (χ3n) is 2.81. The standard InChI is InChI=1S/C14H13FN2O2S2/c1-2-3-6-20-21-14-17-16-13(19-14)12-8-9-7-10(15)4-5-11(9)18-12/h4-5,7-8H,2-3,6H2,1H3. The minimum absolute atomic E-state index is 0.302. The quantitative estimate of drug-likeness (QED) is 0.461. The minimum Gasteiger partial charge on any atom is -0.451 e. The largest absolute Gasteiger partial charge is 0.451 e. The molecule has 0 N–H and O–H groups in total. The fraction of sp³-hybridized carbons (Fsp3) is 0.286. The van der Waals surface area contributed by atoms with E-state index in [9.17, 15) is 4.39 Å². The van der Waals surface area contributed by atoms with Gasteiger partial charge in [0, 0.05) is 21.9 Å². The second kappa shape index (κ2) is 6.53. The highest BCUT2D eigenvalue weighted by Gasteiger charge is 2.14. The van der Waals surface area contributed by atoms with Crippen molar-refractivity contribution in [1.82, 2.24) is 10.2 Å². The van der Waals surface area contributed by atoms with Crippen LogP contribution in [0.1, 0.15) is 19.8 Å². The molecule has 0 aliphatic carbocycles. The Morgan fingerprint density at radius 2 is 2.10 bits per heavy atom. The first-order valence-corrected chi connectivity index (χ1v) is 8.90. The highest BCUT2D eigenvalue weighted by Crippen LogP contribution is 2.33. The molecule has 0 fully saturated rings. The lowest BCUT2D eigenvalue weighted by atomic mass is 10.2. The molecule has 0 saturated carbocycles. The van der Waals surface area contributed by atoms with Crippen LogP contribution in [0.15, 0.2) is 38.3 Å². The highest BCUT2D eigenvalue weighted by atomic mass is 33.1. The fourth-order valence-corrected chi connectivity index (χ4v) is 3.64. The first-order chi connectivity index (χ1) is 10.3. The SMILES string of the molecule is CCCCSSc1nnc(-c2cc3cc(F)ccc3o2)o1. The van der Waals surface area contributed by atoms with E-state index < -0.39 is 0 Å². The summed E-state index contributed by atoms with van der Waals surface area (Å²) in [6.45, 7) is 2.15. The molecule has 0 atom stereocenters. The van der Waals surface area contributed by atoms with Crippen LogP contribution in [-0.2, 0) is 0 Å². The number of nitrogens with zero attached hydrogens (tertiary/aromatic N) is 2. The fourth-order valence-electron chi connectivity index (χ4n) is 1.76. The first-order valence-electron chi connectivity index (χ1n) is 6.58. The lowest BCUT2D eigenvalue weighted by Gasteiger charge is -1.93. The lowest BCUT2D eigenvalue weighted by Crippen LogP contribution is -1.73. The molecule has 3 aromatic rings. The van der Waals surface area contributed by atoms with Crippen LogP contribution in [0.2, 0.25) is 0 Å². The topological polar surface area (TPSA) is 52.1 Å². The van der Waals surface area contributed by atoms with Crippen molar-refractivity contribution >= 4 is 32.6 Å². The van der Waals surface area contributed by atoms with Gasteiger partial charge in [-0.15, -0.1) is 5.10 Å². The lowest BCUT2D eigenvalue weighted by molar-refractivity contribution is 0.453. The maximum Gasteiger partial charge on any atom is 0.287 e. The van der Waals surface area contributed by atoms with Gasteiger partial charge < -0.3 is 8.83 Å². The van der Waals surface area contributed by atoms with E-state index in [1.807, 2.05) is 0 Å². The van der Waals surface area contributed by atoms with E-state index in [-0.39, 0.29) is 5.82 Å². The predicted molar refractivity (Wildman–Crippen MR) is 82.7 cm³/mol. The van der Waals surface area contributed by atoms with Crippen LogP contribution in [-0.4, -0.2) is 16.0 Å². The number of unbranched alkanes of at least 4 members (excludes halogenated alkanes) is 1. The van der Waals surface area contributed by atoms with E-state index in [1.54, 1.807) is 22.9 Å². The van der Waals surface area contributed by atoms with Crippen LogP contribution < -0.4 is 0 Å². The summed E-state index contributed by atoms with van der Waals surface area (Å²) < 4.78 is 24.3. The zero-order valence-corrected chi connectivity index (χ0v) is 13.0. The molecule has 0 bridgehead atoms. The van der Waals surface area contributed by atoms with Crippen LogP contribution in [0.3, 0.4) is 0 Å². The third kappa shape index (κ3) is 3.41. The van der Waals surface area contributed by atoms with Crippen molar-refractivity contribution in [1.29, 1.82) is 0 Å². The van der Waals surface area contributed by atoms with Gasteiger partial charge in [0.25, 0.3) is 11.1 Å². The van der Waals surface area contributed by atoms with Crippen molar-refractivity contribution < 1.29 is 13.2 Å². The van der Waals surface area contributed by atoms with Gasteiger partial charge in [-0.05, 0) is 30.7 Å². The van der Waals surface area contributed by atoms with Crippen molar-refractivity contribution in [3.8, 4) is 11.7 Å². The summed E-state index contributed by atoms with van der Waals surface area (Å²) in [4.78, 5) is 0. The molecule has 0 aliphatic heterocycles. The first kappa shape index (κ1) is 14.5. The summed E-state index contributed by atoms with van der Waals surface area (Å²) in [6.07, 6.45) is 2.33. The average molecular weight is 324 g/mol. The molecule has 0 aliphatic rings. The molecular weight excluding hydrogens is 311 g/mol. The Kier molecular flexibility index (Phi) is 4.50. The predicted octanol–water partition coefficient (Wildman–Crippen LogP) is 5.16. The Hall–Kier alpha value is -1.47. The van der Waals surface area contributed by atoms with Crippen LogP contribution in [0, 0.1) is 5.82 Å². The molecule has 3 rings (SSSR count). The van der Waals surface area contributed by atoms with Gasteiger partial charge in [-0.3, -0.25) is 0 Å². The van der Waals surface area contributed by atoms with Gasteiger partial charge in [0.05, 0.1) is 0 Å². The smallest absolute Gasteiger partial charge is 0.287 e. The summed E-state index contributed by atoms with van der Waals surface area (Å²) in [5.41, 5.74) is 0.594. The number of halogens is 1. The minimum atomic E-state index is -0.302. The third-order valence-corrected chi connectivity index (χ3v) is 4.97. The van der Waals surface area contributed by atoms with Crippen molar-refractivity contribution in [2.45, 2.75) is 25.0 Å². The molecule has 4 nitrogen and oxygen atoms in total. The summed E-state index contributed by atoms with van der Waals surface area (Å²) in [5.74, 6) is 1.51. The Bertz CT molecular complexity index is 741. The van der Waals surface area contributed by atoms with Gasteiger partial charge in [0.2, 0.25) is 0 Å². The molecule has 0 radical (unpaired) electrons. The molecule has 2 heterocycles. The number of furan rings is 1. The van der Waals surface area contributed by atoms with Crippen LogP contribution in [0.25, 0.3) is 22.6 Å². The van der Waals surface area contributed by atoms with Gasteiger partial charge in [-0.1, -0.05) is 29.2 Å². The van der Waals surface area contributed by atoms with E-state index >= 15 is 0 Å². The Labute approximate surface area is 128 Å². The Morgan fingerprint density at radius 1 is 1.19 bits per heavy atom. The normalized spacial score (nSPS) is 11.3. The molecule has 0 spiro atoms. The monoisotopic (exact) mass is 324 g/mol. The molecular formula is C14H13FN2O2S2. The summed E-state index contributed by atoms with van der Waals surface area (Å²) in [6, 6.07) is 6.05. The van der Waals surface area contributed by atoms with Crippen molar-refractivity contribution in [3.63, 3.8) is 0 Å². The Morgan fingerprint density at radius 3 is 2.95 bits per heavy atom. The van der Waals surface area contributed by atoms with Gasteiger partial charge in [0.15, 0.2) is 5.76 Å². The van der Waals surface area contributed by atoms with Crippen LogP contribution >= 0.6 is 21.6 Å². The molecule has 110 valence electrons. The Balaban J connectivity index is 1.75. The number of fused-ring (bicyclic) bond motifs is 1. The van der Waals surface area contributed by atoms with Gasteiger partial charge in [0.1, 0.15) is 11.4 Å². The molecule has 0 saturated heterocycles. The van der Waals surface area contributed by atoms with Crippen LogP contribution in [0.5, 0.6) is 0 Å². The van der Waals surface area contributed by atoms with Gasteiger partial charge in [-0.25, -0.2) is 4.39 Å². The van der Waals surface area contributed by atoms with E-state index in [1.165, 1.54) is 22.9 Å². The van der Waals surface area contributed by atoms with Crippen LogP contribution in [0.4, 0.5) is 4.39 Å². The molecule has 21 heavy (non-hydrogen) atoms. The summed E-state index contributed by atoms with van der Waals surface area (Å²) in [7, 11) is 3.15. The maximum absolute atomic E-state index is 13.2. The molecule has 0 unspecified atom stereocenters. The summed E-state index contributed by atoms with van der Waals surface area (Å²) in [5, 5.41) is 9.11. The molecule has 7 heteroatoms. The number of rotatable bonds is 6. The number of benzene rings is 1. The zero-order chi connectivity index (χ0) is 14.7. The van der Waals surface area contributed by atoms with Crippen molar-refractivity contribution in [2.75, 3.05) is 5.75 Å². The van der Waals surface area contributed by atoms with E-state index in [0.29, 0.717) is 27.8 Å². The number of hydrogen-bond acceptors (Lipinski definition) is 6. The highest BCUT2D eigenvalue weighted by molar-refractivity contribution is 8.76.